The number of carbonyl (C=O) groups is 1. The molecule has 3 heterocycles. The Bertz CT molecular complexity index is 1220. The number of hydrogen-bond acceptors (Lipinski definition) is 5. The Morgan fingerprint density at radius 3 is 2.78 bits per heavy atom. The molecule has 0 aromatic carbocycles. The summed E-state index contributed by atoms with van der Waals surface area (Å²) in [6.45, 7) is 4.51. The summed E-state index contributed by atoms with van der Waals surface area (Å²) in [5.74, 6) is 2.80. The Labute approximate surface area is 187 Å². The lowest BCUT2D eigenvalue weighted by Crippen LogP contribution is -2.47. The van der Waals surface area contributed by atoms with Gasteiger partial charge < -0.3 is 10.1 Å². The lowest BCUT2D eigenvalue weighted by molar-refractivity contribution is -0.117. The van der Waals surface area contributed by atoms with Crippen LogP contribution in [0.1, 0.15) is 56.7 Å². The second-order valence-corrected chi connectivity index (χ2v) is 8.39. The van der Waals surface area contributed by atoms with Gasteiger partial charge in [0.15, 0.2) is 0 Å². The summed E-state index contributed by atoms with van der Waals surface area (Å²) in [5.41, 5.74) is 3.78. The Hall–Kier alpha value is -3.84. The minimum Gasteiger partial charge on any atom is -0.492 e. The summed E-state index contributed by atoms with van der Waals surface area (Å²) < 4.78 is 7.37. The number of hydrogen-bond donors (Lipinski definition) is 1. The van der Waals surface area contributed by atoms with E-state index in [1.165, 1.54) is 0 Å². The average Bonchev–Trinajstić information content (AvgIpc) is 3.22. The monoisotopic (exact) mass is 427 g/mol. The molecule has 3 aromatic heterocycles. The number of carbonyl (C=O) groups excluding carboxylic acids is 1. The van der Waals surface area contributed by atoms with Crippen molar-refractivity contribution in [3.63, 3.8) is 0 Å². The number of amides is 1. The van der Waals surface area contributed by atoms with E-state index < -0.39 is 0 Å². The first kappa shape index (κ1) is 21.4. The van der Waals surface area contributed by atoms with E-state index >= 15 is 0 Å². The van der Waals surface area contributed by atoms with Gasteiger partial charge in [0, 0.05) is 34.5 Å². The lowest BCUT2D eigenvalue weighted by atomic mass is 9.76. The number of terminal acetylenes is 1. The van der Waals surface area contributed by atoms with Gasteiger partial charge >= 0.3 is 0 Å². The normalized spacial score (nSPS) is 20.3. The molecule has 1 aliphatic rings. The minimum absolute atomic E-state index is 0.263. The predicted octanol–water partition coefficient (Wildman–Crippen LogP) is 3.83. The van der Waals surface area contributed by atoms with Crippen molar-refractivity contribution in [2.45, 2.75) is 51.0 Å². The molecular weight excluding hydrogens is 402 g/mol. The third-order valence-corrected chi connectivity index (χ3v) is 6.17. The van der Waals surface area contributed by atoms with Crippen molar-refractivity contribution >= 4 is 11.4 Å². The standard InChI is InChI=1S/C25H25N5O2/c1-4-23(31)29-25(3)10-8-17(9-11-25)22-7-6-18(14-27-22)21-12-20(32-5-2)16-30-24(21)19(13-26)15-28-30/h1,6-7,12,14-17H,5,8-11H2,2-3H3,(H,29,31). The van der Waals surface area contributed by atoms with Gasteiger partial charge in [-0.2, -0.15) is 10.4 Å². The molecule has 1 aliphatic carbocycles. The van der Waals surface area contributed by atoms with Crippen LogP contribution in [0.5, 0.6) is 5.75 Å². The van der Waals surface area contributed by atoms with Crippen LogP contribution in [-0.4, -0.2) is 32.7 Å². The Morgan fingerprint density at radius 2 is 2.16 bits per heavy atom. The van der Waals surface area contributed by atoms with E-state index in [-0.39, 0.29) is 11.4 Å². The summed E-state index contributed by atoms with van der Waals surface area (Å²) in [7, 11) is 0. The first-order chi connectivity index (χ1) is 15.5. The summed E-state index contributed by atoms with van der Waals surface area (Å²) in [4.78, 5) is 16.4. The fourth-order valence-corrected chi connectivity index (χ4v) is 4.44. The molecule has 0 unspecified atom stereocenters. The number of rotatable bonds is 5. The molecule has 32 heavy (non-hydrogen) atoms. The van der Waals surface area contributed by atoms with E-state index in [0.29, 0.717) is 23.8 Å². The molecule has 1 amide bonds. The van der Waals surface area contributed by atoms with Crippen LogP contribution >= 0.6 is 0 Å². The first-order valence-electron chi connectivity index (χ1n) is 10.8. The largest absolute Gasteiger partial charge is 0.492 e. The minimum atomic E-state index is -0.356. The second-order valence-electron chi connectivity index (χ2n) is 8.39. The highest BCUT2D eigenvalue weighted by molar-refractivity contribution is 5.93. The van der Waals surface area contributed by atoms with Gasteiger partial charge in [-0.05, 0) is 57.6 Å². The van der Waals surface area contributed by atoms with Crippen molar-refractivity contribution in [3.8, 4) is 35.3 Å². The van der Waals surface area contributed by atoms with Crippen LogP contribution in [-0.2, 0) is 4.79 Å². The first-order valence-corrected chi connectivity index (χ1v) is 10.8. The van der Waals surface area contributed by atoms with Gasteiger partial charge in [0.2, 0.25) is 0 Å². The quantitative estimate of drug-likeness (QED) is 0.625. The predicted molar refractivity (Wildman–Crippen MR) is 121 cm³/mol. The van der Waals surface area contributed by atoms with Crippen LogP contribution < -0.4 is 10.1 Å². The SMILES string of the molecule is C#CC(=O)NC1(C)CCC(c2ccc(-c3cc(OCC)cn4ncc(C#N)c34)cn2)CC1. The summed E-state index contributed by atoms with van der Waals surface area (Å²) >= 11 is 0. The number of aromatic nitrogens is 3. The van der Waals surface area contributed by atoms with Crippen LogP contribution in [0.3, 0.4) is 0 Å². The van der Waals surface area contributed by atoms with Gasteiger partial charge in [0.25, 0.3) is 5.91 Å². The fourth-order valence-electron chi connectivity index (χ4n) is 4.44. The molecule has 4 rings (SSSR count). The number of nitrogens with one attached hydrogen (secondary N) is 1. The molecular formula is C25H25N5O2. The highest BCUT2D eigenvalue weighted by Crippen LogP contribution is 2.38. The topological polar surface area (TPSA) is 92.3 Å². The number of nitrogens with zero attached hydrogens (tertiary/aromatic N) is 4. The molecule has 0 saturated heterocycles. The number of fused-ring (bicyclic) bond motifs is 1. The van der Waals surface area contributed by atoms with Crippen LogP contribution in [0.15, 0.2) is 36.8 Å². The van der Waals surface area contributed by atoms with Gasteiger partial charge in [0.1, 0.15) is 11.8 Å². The van der Waals surface area contributed by atoms with Gasteiger partial charge in [-0.3, -0.25) is 9.78 Å². The van der Waals surface area contributed by atoms with Gasteiger partial charge in [-0.1, -0.05) is 6.07 Å². The van der Waals surface area contributed by atoms with Crippen molar-refractivity contribution in [3.05, 3.63) is 48.0 Å². The number of ether oxygens (including phenoxy) is 1. The van der Waals surface area contributed by atoms with E-state index in [4.69, 9.17) is 16.1 Å². The van der Waals surface area contributed by atoms with E-state index in [9.17, 15) is 10.1 Å². The molecule has 0 spiro atoms. The number of nitriles is 1. The van der Waals surface area contributed by atoms with Gasteiger partial charge in [-0.15, -0.1) is 6.42 Å². The molecule has 1 N–H and O–H groups in total. The zero-order chi connectivity index (χ0) is 22.7. The molecule has 0 bridgehead atoms. The summed E-state index contributed by atoms with van der Waals surface area (Å²) in [6, 6.07) is 8.23. The van der Waals surface area contributed by atoms with Crippen molar-refractivity contribution in [1.29, 1.82) is 5.26 Å². The molecule has 3 aromatic rings. The van der Waals surface area contributed by atoms with Crippen molar-refractivity contribution in [2.75, 3.05) is 6.61 Å². The van der Waals surface area contributed by atoms with Gasteiger partial charge in [-0.25, -0.2) is 4.52 Å². The Balaban J connectivity index is 1.58. The molecule has 0 aliphatic heterocycles. The van der Waals surface area contributed by atoms with E-state index in [0.717, 1.165) is 48.0 Å². The third-order valence-electron chi connectivity index (χ3n) is 6.17. The number of pyridine rings is 2. The lowest BCUT2D eigenvalue weighted by Gasteiger charge is -2.37. The van der Waals surface area contributed by atoms with Crippen molar-refractivity contribution in [1.82, 2.24) is 19.9 Å². The molecule has 1 fully saturated rings. The summed E-state index contributed by atoms with van der Waals surface area (Å²) in [6.07, 6.45) is 14.0. The Morgan fingerprint density at radius 1 is 1.38 bits per heavy atom. The summed E-state index contributed by atoms with van der Waals surface area (Å²) in [5, 5.41) is 16.8. The highest BCUT2D eigenvalue weighted by atomic mass is 16.5. The van der Waals surface area contributed by atoms with E-state index in [1.807, 2.05) is 32.2 Å². The maximum atomic E-state index is 11.6. The zero-order valence-corrected chi connectivity index (χ0v) is 18.3. The van der Waals surface area contributed by atoms with Crippen LogP contribution in [0, 0.1) is 23.7 Å². The Kier molecular flexibility index (Phi) is 5.83. The fraction of sp³-hybridized carbons (Fsp3) is 0.360. The van der Waals surface area contributed by atoms with E-state index in [1.54, 1.807) is 16.9 Å². The molecule has 162 valence electrons. The van der Waals surface area contributed by atoms with Crippen LogP contribution in [0.4, 0.5) is 0 Å². The van der Waals surface area contributed by atoms with Gasteiger partial charge in [0.05, 0.1) is 30.1 Å². The average molecular weight is 428 g/mol. The van der Waals surface area contributed by atoms with Crippen LogP contribution in [0.25, 0.3) is 16.6 Å². The molecule has 7 nitrogen and oxygen atoms in total. The highest BCUT2D eigenvalue weighted by Gasteiger charge is 2.33. The van der Waals surface area contributed by atoms with Crippen LogP contribution in [0.2, 0.25) is 0 Å². The smallest absolute Gasteiger partial charge is 0.296 e. The molecule has 0 atom stereocenters. The van der Waals surface area contributed by atoms with E-state index in [2.05, 4.69) is 28.5 Å². The van der Waals surface area contributed by atoms with Crippen molar-refractivity contribution < 1.29 is 9.53 Å². The zero-order valence-electron chi connectivity index (χ0n) is 18.3. The maximum absolute atomic E-state index is 11.6. The second kappa shape index (κ2) is 8.72. The molecule has 1 saturated carbocycles. The molecule has 7 heteroatoms. The third kappa shape index (κ3) is 4.15. The maximum Gasteiger partial charge on any atom is 0.296 e. The van der Waals surface area contributed by atoms with Crippen molar-refractivity contribution in [2.24, 2.45) is 0 Å². The molecule has 0 radical (unpaired) electrons.